The highest BCUT2D eigenvalue weighted by Gasteiger charge is 2.33. The highest BCUT2D eigenvalue weighted by molar-refractivity contribution is 5.94. The summed E-state index contributed by atoms with van der Waals surface area (Å²) in [5, 5.41) is 27.6. The SMILES string of the molecule is CC(C)CC(NC(=O)C(NC(=O)C(N)Cc1c[nH]c2ccccc12)C(C)C)C(=O)NC(C(=O)O)C(C)O. The first-order chi connectivity index (χ1) is 17.3. The topological polar surface area (TPSA) is 187 Å². The largest absolute Gasteiger partial charge is 0.480 e. The molecular formula is C26H39N5O6. The van der Waals surface area contributed by atoms with Crippen LogP contribution in [0.5, 0.6) is 0 Å². The van der Waals surface area contributed by atoms with Gasteiger partial charge in [-0.15, -0.1) is 0 Å². The van der Waals surface area contributed by atoms with Crippen LogP contribution in [-0.2, 0) is 25.6 Å². The summed E-state index contributed by atoms with van der Waals surface area (Å²) in [5.74, 6) is -3.56. The first-order valence-electron chi connectivity index (χ1n) is 12.4. The first-order valence-corrected chi connectivity index (χ1v) is 12.4. The fraction of sp³-hybridized carbons (Fsp3) is 0.538. The van der Waals surface area contributed by atoms with Gasteiger partial charge in [-0.1, -0.05) is 45.9 Å². The number of fused-ring (bicyclic) bond motifs is 1. The van der Waals surface area contributed by atoms with Crippen LogP contribution in [0, 0.1) is 11.8 Å². The van der Waals surface area contributed by atoms with Crippen molar-refractivity contribution in [1.29, 1.82) is 0 Å². The van der Waals surface area contributed by atoms with Crippen molar-refractivity contribution in [2.75, 3.05) is 0 Å². The molecule has 11 heteroatoms. The van der Waals surface area contributed by atoms with E-state index in [9.17, 15) is 29.4 Å². The molecule has 204 valence electrons. The maximum atomic E-state index is 13.2. The van der Waals surface area contributed by atoms with Crippen molar-refractivity contribution in [1.82, 2.24) is 20.9 Å². The monoisotopic (exact) mass is 517 g/mol. The summed E-state index contributed by atoms with van der Waals surface area (Å²) in [5.41, 5.74) is 7.98. The number of carbonyl (C=O) groups excluding carboxylic acids is 3. The van der Waals surface area contributed by atoms with Crippen molar-refractivity contribution >= 4 is 34.6 Å². The summed E-state index contributed by atoms with van der Waals surface area (Å²) >= 11 is 0. The zero-order valence-corrected chi connectivity index (χ0v) is 21.9. The fourth-order valence-electron chi connectivity index (χ4n) is 4.03. The molecule has 11 nitrogen and oxygen atoms in total. The maximum absolute atomic E-state index is 13.2. The number of aliphatic hydroxyl groups excluding tert-OH is 1. The highest BCUT2D eigenvalue weighted by Crippen LogP contribution is 2.19. The first kappa shape index (κ1) is 29.8. The van der Waals surface area contributed by atoms with Crippen LogP contribution in [-0.4, -0.2) is 69.2 Å². The van der Waals surface area contributed by atoms with Gasteiger partial charge in [-0.2, -0.15) is 0 Å². The number of aromatic nitrogens is 1. The number of aromatic amines is 1. The van der Waals surface area contributed by atoms with Gasteiger partial charge in [0, 0.05) is 17.1 Å². The second-order valence-electron chi connectivity index (χ2n) is 10.2. The van der Waals surface area contributed by atoms with E-state index in [4.69, 9.17) is 5.73 Å². The molecule has 1 heterocycles. The molecule has 0 bridgehead atoms. The molecule has 1 aromatic carbocycles. The number of carboxylic acids is 1. The van der Waals surface area contributed by atoms with Gasteiger partial charge in [-0.25, -0.2) is 4.79 Å². The Labute approximate surface area is 216 Å². The molecule has 37 heavy (non-hydrogen) atoms. The van der Waals surface area contributed by atoms with Gasteiger partial charge < -0.3 is 36.9 Å². The Hall–Kier alpha value is -3.44. The van der Waals surface area contributed by atoms with Gasteiger partial charge >= 0.3 is 5.97 Å². The Bertz CT molecular complexity index is 1100. The lowest BCUT2D eigenvalue weighted by Crippen LogP contribution is -2.59. The van der Waals surface area contributed by atoms with Crippen LogP contribution in [0.1, 0.15) is 46.6 Å². The number of carbonyl (C=O) groups is 4. The van der Waals surface area contributed by atoms with Gasteiger partial charge in [0.25, 0.3) is 0 Å². The molecule has 0 aliphatic rings. The summed E-state index contributed by atoms with van der Waals surface area (Å²) in [7, 11) is 0. The van der Waals surface area contributed by atoms with Gasteiger partial charge in [0.1, 0.15) is 12.1 Å². The summed E-state index contributed by atoms with van der Waals surface area (Å²) < 4.78 is 0. The minimum atomic E-state index is -1.53. The van der Waals surface area contributed by atoms with Crippen molar-refractivity contribution < 1.29 is 29.4 Å². The van der Waals surface area contributed by atoms with Crippen molar-refractivity contribution in [3.05, 3.63) is 36.0 Å². The second kappa shape index (κ2) is 13.2. The van der Waals surface area contributed by atoms with E-state index in [1.54, 1.807) is 20.0 Å². The van der Waals surface area contributed by atoms with Crippen molar-refractivity contribution in [3.8, 4) is 0 Å². The number of carboxylic acid groups (broad SMARTS) is 1. The average molecular weight is 518 g/mol. The molecule has 3 amide bonds. The molecule has 0 aliphatic heterocycles. The number of para-hydroxylation sites is 1. The van der Waals surface area contributed by atoms with Gasteiger partial charge in [-0.3, -0.25) is 14.4 Å². The number of nitrogens with one attached hydrogen (secondary N) is 4. The van der Waals surface area contributed by atoms with Gasteiger partial charge in [0.15, 0.2) is 6.04 Å². The molecule has 0 fully saturated rings. The maximum Gasteiger partial charge on any atom is 0.328 e. The van der Waals surface area contributed by atoms with Gasteiger partial charge in [-0.05, 0) is 43.2 Å². The molecule has 8 N–H and O–H groups in total. The Morgan fingerprint density at radius 3 is 2.11 bits per heavy atom. The smallest absolute Gasteiger partial charge is 0.328 e. The molecule has 0 radical (unpaired) electrons. The number of benzene rings is 1. The normalized spacial score (nSPS) is 15.6. The predicted octanol–water partition coefficient (Wildman–Crippen LogP) is 0.660. The summed E-state index contributed by atoms with van der Waals surface area (Å²) in [6.07, 6.45) is 0.953. The lowest BCUT2D eigenvalue weighted by molar-refractivity contribution is -0.145. The van der Waals surface area contributed by atoms with E-state index in [0.717, 1.165) is 16.5 Å². The molecule has 5 unspecified atom stereocenters. The van der Waals surface area contributed by atoms with Crippen LogP contribution in [0.25, 0.3) is 10.9 Å². The predicted molar refractivity (Wildman–Crippen MR) is 139 cm³/mol. The van der Waals surface area contributed by atoms with Crippen molar-refractivity contribution in [3.63, 3.8) is 0 Å². The van der Waals surface area contributed by atoms with Crippen LogP contribution in [0.2, 0.25) is 0 Å². The van der Waals surface area contributed by atoms with E-state index in [0.29, 0.717) is 0 Å². The third-order valence-electron chi connectivity index (χ3n) is 6.08. The summed E-state index contributed by atoms with van der Waals surface area (Å²) in [6, 6.07) is 3.18. The quantitative estimate of drug-likeness (QED) is 0.203. The molecule has 2 rings (SSSR count). The average Bonchev–Trinajstić information content (AvgIpc) is 3.21. The Balaban J connectivity index is 2.11. The summed E-state index contributed by atoms with van der Waals surface area (Å²) in [4.78, 5) is 53.4. The molecule has 1 aromatic heterocycles. The number of H-pyrrole nitrogens is 1. The molecule has 0 saturated heterocycles. The third-order valence-corrected chi connectivity index (χ3v) is 6.08. The number of aliphatic carboxylic acids is 1. The van der Waals surface area contributed by atoms with Crippen molar-refractivity contribution in [2.45, 2.75) is 77.7 Å². The fourth-order valence-corrected chi connectivity index (χ4v) is 4.03. The summed E-state index contributed by atoms with van der Waals surface area (Å²) in [6.45, 7) is 8.45. The number of hydrogen-bond donors (Lipinski definition) is 7. The zero-order chi connectivity index (χ0) is 27.9. The number of nitrogens with two attached hydrogens (primary N) is 1. The highest BCUT2D eigenvalue weighted by atomic mass is 16.4. The Morgan fingerprint density at radius 2 is 1.54 bits per heavy atom. The number of rotatable bonds is 13. The standard InChI is InChI=1S/C26H39N5O6/c1-13(2)10-20(24(34)31-22(15(5)32)26(36)37)29-25(35)21(14(3)4)30-23(33)18(27)11-16-12-28-19-9-7-6-8-17(16)19/h6-9,12-15,18,20-22,28,32H,10-11,27H2,1-5H3,(H,29,35)(H,30,33)(H,31,34)(H,36,37). The zero-order valence-electron chi connectivity index (χ0n) is 21.9. The molecular weight excluding hydrogens is 478 g/mol. The number of amides is 3. The lowest BCUT2D eigenvalue weighted by atomic mass is 9.98. The molecule has 2 aromatic rings. The van der Waals surface area contributed by atoms with E-state index in [1.807, 2.05) is 38.1 Å². The van der Waals surface area contributed by atoms with Gasteiger partial charge in [0.05, 0.1) is 12.1 Å². The molecule has 0 aliphatic carbocycles. The Kier molecular flexibility index (Phi) is 10.6. The van der Waals surface area contributed by atoms with Crippen molar-refractivity contribution in [2.24, 2.45) is 17.6 Å². The van der Waals surface area contributed by atoms with Crippen LogP contribution < -0.4 is 21.7 Å². The van der Waals surface area contributed by atoms with E-state index >= 15 is 0 Å². The molecule has 5 atom stereocenters. The molecule has 0 spiro atoms. The van der Waals surface area contributed by atoms with Crippen LogP contribution >= 0.6 is 0 Å². The van der Waals surface area contributed by atoms with E-state index < -0.39 is 54.0 Å². The minimum absolute atomic E-state index is 0.0115. The van der Waals surface area contributed by atoms with E-state index in [-0.39, 0.29) is 24.7 Å². The van der Waals surface area contributed by atoms with E-state index in [2.05, 4.69) is 20.9 Å². The Morgan fingerprint density at radius 1 is 0.919 bits per heavy atom. The molecule has 0 saturated carbocycles. The van der Waals surface area contributed by atoms with Gasteiger partial charge in [0.2, 0.25) is 17.7 Å². The minimum Gasteiger partial charge on any atom is -0.480 e. The number of aliphatic hydroxyl groups is 1. The lowest BCUT2D eigenvalue weighted by Gasteiger charge is -2.28. The number of hydrogen-bond acceptors (Lipinski definition) is 6. The van der Waals surface area contributed by atoms with Crippen LogP contribution in [0.3, 0.4) is 0 Å². The third kappa shape index (κ3) is 8.29. The van der Waals surface area contributed by atoms with Crippen LogP contribution in [0.15, 0.2) is 30.5 Å². The van der Waals surface area contributed by atoms with Crippen LogP contribution in [0.4, 0.5) is 0 Å². The second-order valence-corrected chi connectivity index (χ2v) is 10.2. The van der Waals surface area contributed by atoms with E-state index in [1.165, 1.54) is 6.92 Å².